The summed E-state index contributed by atoms with van der Waals surface area (Å²) in [5.74, 6) is -0.732. The van der Waals surface area contributed by atoms with E-state index in [2.05, 4.69) is 0 Å². The molecule has 0 aliphatic rings. The molecule has 3 N–H and O–H groups in total. The lowest BCUT2D eigenvalue weighted by Crippen LogP contribution is -2.30. The van der Waals surface area contributed by atoms with Gasteiger partial charge < -0.3 is 10.8 Å². The van der Waals surface area contributed by atoms with Crippen LogP contribution in [0.3, 0.4) is 0 Å². The van der Waals surface area contributed by atoms with Gasteiger partial charge in [-0.15, -0.1) is 0 Å². The Labute approximate surface area is 67.6 Å². The summed E-state index contributed by atoms with van der Waals surface area (Å²) >= 11 is 0. The van der Waals surface area contributed by atoms with Gasteiger partial charge in [0.1, 0.15) is 0 Å². The summed E-state index contributed by atoms with van der Waals surface area (Å²) < 4.78 is 0. The Hall–Kier alpha value is -0.570. The third-order valence-electron chi connectivity index (χ3n) is 2.01. The molecule has 0 aromatic rings. The number of nitrogens with two attached hydrogens (primary N) is 1. The Balaban J connectivity index is 4.13. The Bertz CT molecular complexity index is 128. The largest absolute Gasteiger partial charge is 0.481 e. The smallest absolute Gasteiger partial charge is 0.309 e. The highest BCUT2D eigenvalue weighted by molar-refractivity contribution is 5.74. The minimum atomic E-state index is -0.732. The standard InChI is InChI=1S/C8H17NO2/c1-3-4-8(2,5-6-9)7(10)11/h3-6,9H2,1-2H3,(H,10,11). The first-order valence-electron chi connectivity index (χ1n) is 4.00. The molecule has 0 aromatic heterocycles. The van der Waals surface area contributed by atoms with E-state index in [1.165, 1.54) is 0 Å². The maximum atomic E-state index is 10.7. The first kappa shape index (κ1) is 10.4. The van der Waals surface area contributed by atoms with Crippen molar-refractivity contribution in [2.24, 2.45) is 11.1 Å². The number of carbonyl (C=O) groups is 1. The minimum absolute atomic E-state index is 0.447. The number of aliphatic carboxylic acids is 1. The number of carboxylic acid groups (broad SMARTS) is 1. The molecule has 0 aliphatic heterocycles. The summed E-state index contributed by atoms with van der Waals surface area (Å²) in [6.07, 6.45) is 2.17. The van der Waals surface area contributed by atoms with Crippen molar-refractivity contribution < 1.29 is 9.90 Å². The van der Waals surface area contributed by atoms with Gasteiger partial charge in [0.2, 0.25) is 0 Å². The minimum Gasteiger partial charge on any atom is -0.481 e. The first-order chi connectivity index (χ1) is 5.06. The highest BCUT2D eigenvalue weighted by Gasteiger charge is 2.30. The molecule has 3 nitrogen and oxygen atoms in total. The molecule has 0 fully saturated rings. The second-order valence-corrected chi connectivity index (χ2v) is 3.15. The lowest BCUT2D eigenvalue weighted by atomic mass is 9.82. The maximum absolute atomic E-state index is 10.7. The van der Waals surface area contributed by atoms with Crippen LogP contribution in [0.15, 0.2) is 0 Å². The fourth-order valence-corrected chi connectivity index (χ4v) is 1.21. The molecule has 0 rings (SSSR count). The molecule has 0 saturated heterocycles. The van der Waals surface area contributed by atoms with Gasteiger partial charge in [-0.2, -0.15) is 0 Å². The number of hydrogen-bond acceptors (Lipinski definition) is 2. The van der Waals surface area contributed by atoms with Crippen LogP contribution in [-0.4, -0.2) is 17.6 Å². The molecule has 0 amide bonds. The lowest BCUT2D eigenvalue weighted by Gasteiger charge is -2.22. The Kier molecular flexibility index (Phi) is 4.11. The van der Waals surface area contributed by atoms with Crippen LogP contribution >= 0.6 is 0 Å². The number of hydrogen-bond donors (Lipinski definition) is 2. The monoisotopic (exact) mass is 159 g/mol. The van der Waals surface area contributed by atoms with E-state index in [0.29, 0.717) is 19.4 Å². The second kappa shape index (κ2) is 4.34. The molecular formula is C8H17NO2. The van der Waals surface area contributed by atoms with Crippen LogP contribution in [-0.2, 0) is 4.79 Å². The Morgan fingerprint density at radius 2 is 2.09 bits per heavy atom. The molecule has 0 radical (unpaired) electrons. The van der Waals surface area contributed by atoms with E-state index < -0.39 is 11.4 Å². The average Bonchev–Trinajstić information content (AvgIpc) is 1.88. The van der Waals surface area contributed by atoms with Crippen LogP contribution in [0.5, 0.6) is 0 Å². The topological polar surface area (TPSA) is 63.3 Å². The summed E-state index contributed by atoms with van der Waals surface area (Å²) in [6, 6.07) is 0. The van der Waals surface area contributed by atoms with E-state index in [-0.39, 0.29) is 0 Å². The van der Waals surface area contributed by atoms with Crippen molar-refractivity contribution in [2.75, 3.05) is 6.54 Å². The van der Waals surface area contributed by atoms with Gasteiger partial charge in [0.05, 0.1) is 5.41 Å². The zero-order valence-corrected chi connectivity index (χ0v) is 7.26. The molecule has 0 aliphatic carbocycles. The summed E-state index contributed by atoms with van der Waals surface area (Å²) in [5.41, 5.74) is 4.71. The van der Waals surface area contributed by atoms with Crippen LogP contribution in [0.2, 0.25) is 0 Å². The van der Waals surface area contributed by atoms with E-state index in [0.717, 1.165) is 6.42 Å². The van der Waals surface area contributed by atoms with E-state index in [1.54, 1.807) is 6.92 Å². The SMILES string of the molecule is CCCC(C)(CCN)C(=O)O. The van der Waals surface area contributed by atoms with Crippen molar-refractivity contribution in [1.29, 1.82) is 0 Å². The summed E-state index contributed by atoms with van der Waals surface area (Å²) in [6.45, 7) is 4.19. The molecular weight excluding hydrogens is 142 g/mol. The zero-order chi connectivity index (χ0) is 8.91. The Morgan fingerprint density at radius 3 is 2.36 bits per heavy atom. The highest BCUT2D eigenvalue weighted by Crippen LogP contribution is 2.26. The lowest BCUT2D eigenvalue weighted by molar-refractivity contribution is -0.148. The van der Waals surface area contributed by atoms with Crippen LogP contribution in [0.25, 0.3) is 0 Å². The van der Waals surface area contributed by atoms with Crippen molar-refractivity contribution in [2.45, 2.75) is 33.1 Å². The molecule has 1 unspecified atom stereocenters. The van der Waals surface area contributed by atoms with Gasteiger partial charge in [0.15, 0.2) is 0 Å². The molecule has 66 valence electrons. The molecule has 0 bridgehead atoms. The molecule has 0 heterocycles. The van der Waals surface area contributed by atoms with Crippen molar-refractivity contribution in [3.63, 3.8) is 0 Å². The van der Waals surface area contributed by atoms with Gasteiger partial charge in [-0.05, 0) is 26.3 Å². The molecule has 11 heavy (non-hydrogen) atoms. The fraction of sp³-hybridized carbons (Fsp3) is 0.875. The molecule has 0 aromatic carbocycles. The van der Waals surface area contributed by atoms with Crippen LogP contribution < -0.4 is 5.73 Å². The summed E-state index contributed by atoms with van der Waals surface area (Å²) in [4.78, 5) is 10.7. The van der Waals surface area contributed by atoms with Crippen molar-refractivity contribution in [3.05, 3.63) is 0 Å². The van der Waals surface area contributed by atoms with Gasteiger partial charge in [0, 0.05) is 0 Å². The molecule has 0 saturated carbocycles. The van der Waals surface area contributed by atoms with E-state index >= 15 is 0 Å². The predicted molar refractivity (Wildman–Crippen MR) is 44.3 cm³/mol. The number of carboxylic acids is 1. The van der Waals surface area contributed by atoms with E-state index in [4.69, 9.17) is 10.8 Å². The third kappa shape index (κ3) is 2.89. The number of rotatable bonds is 5. The van der Waals surface area contributed by atoms with Gasteiger partial charge in [0.25, 0.3) is 0 Å². The van der Waals surface area contributed by atoms with Crippen molar-refractivity contribution >= 4 is 5.97 Å². The van der Waals surface area contributed by atoms with Gasteiger partial charge in [-0.1, -0.05) is 13.3 Å². The molecule has 0 spiro atoms. The highest BCUT2D eigenvalue weighted by atomic mass is 16.4. The molecule has 1 atom stereocenters. The van der Waals surface area contributed by atoms with Crippen LogP contribution in [0.4, 0.5) is 0 Å². The maximum Gasteiger partial charge on any atom is 0.309 e. The third-order valence-corrected chi connectivity index (χ3v) is 2.01. The van der Waals surface area contributed by atoms with Crippen molar-refractivity contribution in [3.8, 4) is 0 Å². The van der Waals surface area contributed by atoms with E-state index in [1.807, 2.05) is 6.92 Å². The normalized spacial score (nSPS) is 15.9. The van der Waals surface area contributed by atoms with E-state index in [9.17, 15) is 4.79 Å². The van der Waals surface area contributed by atoms with Crippen LogP contribution in [0, 0.1) is 5.41 Å². The second-order valence-electron chi connectivity index (χ2n) is 3.15. The fourth-order valence-electron chi connectivity index (χ4n) is 1.21. The quantitative estimate of drug-likeness (QED) is 0.634. The zero-order valence-electron chi connectivity index (χ0n) is 7.26. The van der Waals surface area contributed by atoms with Crippen LogP contribution in [0.1, 0.15) is 33.1 Å². The summed E-state index contributed by atoms with van der Waals surface area (Å²) in [7, 11) is 0. The Morgan fingerprint density at radius 1 is 1.55 bits per heavy atom. The predicted octanol–water partition coefficient (Wildman–Crippen LogP) is 1.23. The van der Waals surface area contributed by atoms with Gasteiger partial charge in [-0.25, -0.2) is 0 Å². The summed E-state index contributed by atoms with van der Waals surface area (Å²) in [5, 5.41) is 8.84. The first-order valence-corrected chi connectivity index (χ1v) is 4.00. The van der Waals surface area contributed by atoms with Gasteiger partial charge >= 0.3 is 5.97 Å². The van der Waals surface area contributed by atoms with Gasteiger partial charge in [-0.3, -0.25) is 4.79 Å². The molecule has 3 heteroatoms. The van der Waals surface area contributed by atoms with Crippen molar-refractivity contribution in [1.82, 2.24) is 0 Å². The average molecular weight is 159 g/mol.